The van der Waals surface area contributed by atoms with Crippen molar-refractivity contribution >= 4 is 5.97 Å². The Morgan fingerprint density at radius 1 is 1.40 bits per heavy atom. The van der Waals surface area contributed by atoms with E-state index >= 15 is 0 Å². The Balaban J connectivity index is 2.47. The molecule has 0 fully saturated rings. The largest absolute Gasteiger partial charge is 0.460 e. The molecule has 0 aliphatic heterocycles. The zero-order valence-electron chi connectivity index (χ0n) is 9.24. The minimum absolute atomic E-state index is 0.107. The van der Waals surface area contributed by atoms with Gasteiger partial charge in [-0.1, -0.05) is 0 Å². The number of rotatable bonds is 3. The first-order valence-electron chi connectivity index (χ1n) is 4.79. The van der Waals surface area contributed by atoms with Gasteiger partial charge in [0.1, 0.15) is 24.7 Å². The normalized spacial score (nSPS) is 11.5. The van der Waals surface area contributed by atoms with Crippen LogP contribution < -0.4 is 0 Å². The van der Waals surface area contributed by atoms with Crippen molar-refractivity contribution in [3.05, 3.63) is 23.7 Å². The summed E-state index contributed by atoms with van der Waals surface area (Å²) in [5, 5.41) is 8.76. The second-order valence-corrected chi connectivity index (χ2v) is 4.35. The highest BCUT2D eigenvalue weighted by Crippen LogP contribution is 2.17. The molecule has 4 nitrogen and oxygen atoms in total. The number of carbonyl (C=O) groups is 1. The molecule has 0 bridgehead atoms. The van der Waals surface area contributed by atoms with Crippen molar-refractivity contribution in [1.29, 1.82) is 0 Å². The van der Waals surface area contributed by atoms with Crippen molar-refractivity contribution in [2.24, 2.45) is 5.41 Å². The van der Waals surface area contributed by atoms with Gasteiger partial charge in [-0.3, -0.25) is 4.79 Å². The summed E-state index contributed by atoms with van der Waals surface area (Å²) in [5.41, 5.74) is -0.508. The molecule has 0 aromatic carbocycles. The van der Waals surface area contributed by atoms with Crippen molar-refractivity contribution in [3.8, 4) is 0 Å². The van der Waals surface area contributed by atoms with Crippen LogP contribution in [-0.2, 0) is 22.7 Å². The van der Waals surface area contributed by atoms with Crippen LogP contribution in [-0.4, -0.2) is 11.1 Å². The van der Waals surface area contributed by atoms with Gasteiger partial charge in [0.15, 0.2) is 0 Å². The first kappa shape index (κ1) is 11.8. The molecule has 0 atom stereocenters. The van der Waals surface area contributed by atoms with Gasteiger partial charge in [-0.05, 0) is 32.9 Å². The molecule has 0 amide bonds. The first-order valence-corrected chi connectivity index (χ1v) is 4.79. The third-order valence-electron chi connectivity index (χ3n) is 1.83. The van der Waals surface area contributed by atoms with Gasteiger partial charge < -0.3 is 14.3 Å². The molecule has 0 spiro atoms. The van der Waals surface area contributed by atoms with E-state index in [1.807, 2.05) is 0 Å². The lowest BCUT2D eigenvalue weighted by Gasteiger charge is -2.15. The zero-order chi connectivity index (χ0) is 11.5. The molecule has 0 radical (unpaired) electrons. The molecule has 0 saturated heterocycles. The molecule has 15 heavy (non-hydrogen) atoms. The molecule has 4 heteroatoms. The van der Waals surface area contributed by atoms with Gasteiger partial charge in [-0.25, -0.2) is 0 Å². The number of furan rings is 1. The first-order chi connectivity index (χ1) is 6.93. The van der Waals surface area contributed by atoms with E-state index in [0.29, 0.717) is 11.5 Å². The molecule has 0 aliphatic carbocycles. The molecule has 1 N–H and O–H groups in total. The van der Waals surface area contributed by atoms with Crippen LogP contribution in [0.2, 0.25) is 0 Å². The monoisotopic (exact) mass is 212 g/mol. The SMILES string of the molecule is CC(C)(C)C(=O)OCc1ccc(CO)o1. The minimum atomic E-state index is -0.508. The van der Waals surface area contributed by atoms with E-state index in [0.717, 1.165) is 0 Å². The van der Waals surface area contributed by atoms with E-state index in [1.54, 1.807) is 32.9 Å². The third kappa shape index (κ3) is 3.40. The minimum Gasteiger partial charge on any atom is -0.460 e. The number of aliphatic hydroxyl groups excluding tert-OH is 1. The second kappa shape index (κ2) is 4.49. The fourth-order valence-corrected chi connectivity index (χ4v) is 0.938. The molecule has 0 unspecified atom stereocenters. The van der Waals surface area contributed by atoms with E-state index in [-0.39, 0.29) is 19.2 Å². The Hall–Kier alpha value is -1.29. The van der Waals surface area contributed by atoms with Crippen molar-refractivity contribution < 1.29 is 19.1 Å². The summed E-state index contributed by atoms with van der Waals surface area (Å²) >= 11 is 0. The summed E-state index contributed by atoms with van der Waals surface area (Å²) in [4.78, 5) is 11.4. The Bertz CT molecular complexity index is 333. The Morgan fingerprint density at radius 3 is 2.47 bits per heavy atom. The summed E-state index contributed by atoms with van der Waals surface area (Å²) < 4.78 is 10.2. The molecule has 0 aliphatic rings. The summed E-state index contributed by atoms with van der Waals surface area (Å²) in [5.74, 6) is 0.734. The molecule has 1 aromatic rings. The van der Waals surface area contributed by atoms with E-state index in [4.69, 9.17) is 14.3 Å². The lowest BCUT2D eigenvalue weighted by atomic mass is 9.97. The lowest BCUT2D eigenvalue weighted by molar-refractivity contribution is -0.154. The van der Waals surface area contributed by atoms with Crippen LogP contribution in [0.15, 0.2) is 16.5 Å². The Kier molecular flexibility index (Phi) is 3.52. The maximum absolute atomic E-state index is 11.4. The smallest absolute Gasteiger partial charge is 0.311 e. The van der Waals surface area contributed by atoms with Gasteiger partial charge in [0, 0.05) is 0 Å². The van der Waals surface area contributed by atoms with Crippen molar-refractivity contribution in [2.45, 2.75) is 34.0 Å². The predicted octanol–water partition coefficient (Wildman–Crippen LogP) is 1.86. The predicted molar refractivity (Wildman–Crippen MR) is 53.9 cm³/mol. The van der Waals surface area contributed by atoms with Crippen molar-refractivity contribution in [2.75, 3.05) is 0 Å². The van der Waals surface area contributed by atoms with Gasteiger partial charge in [-0.2, -0.15) is 0 Å². The van der Waals surface area contributed by atoms with Gasteiger partial charge in [0.25, 0.3) is 0 Å². The van der Waals surface area contributed by atoms with E-state index in [9.17, 15) is 4.79 Å². The Morgan fingerprint density at radius 2 is 2.00 bits per heavy atom. The van der Waals surface area contributed by atoms with Crippen LogP contribution >= 0.6 is 0 Å². The fourth-order valence-electron chi connectivity index (χ4n) is 0.938. The number of esters is 1. The van der Waals surface area contributed by atoms with Crippen LogP contribution in [0.4, 0.5) is 0 Å². The van der Waals surface area contributed by atoms with Crippen LogP contribution in [0, 0.1) is 5.41 Å². The highest BCUT2D eigenvalue weighted by molar-refractivity contribution is 5.75. The summed E-state index contributed by atoms with van der Waals surface area (Å²) in [6, 6.07) is 3.34. The summed E-state index contributed by atoms with van der Waals surface area (Å²) in [6.45, 7) is 5.33. The van der Waals surface area contributed by atoms with Crippen LogP contribution in [0.3, 0.4) is 0 Å². The molecular formula is C11H16O4. The molecule has 1 aromatic heterocycles. The summed E-state index contributed by atoms with van der Waals surface area (Å²) in [7, 11) is 0. The number of hydrogen-bond acceptors (Lipinski definition) is 4. The van der Waals surface area contributed by atoms with Crippen molar-refractivity contribution in [3.63, 3.8) is 0 Å². The molecule has 1 rings (SSSR count). The maximum Gasteiger partial charge on any atom is 0.311 e. The number of aliphatic hydroxyl groups is 1. The number of hydrogen-bond donors (Lipinski definition) is 1. The number of carbonyl (C=O) groups excluding carboxylic acids is 1. The van der Waals surface area contributed by atoms with E-state index in [1.165, 1.54) is 0 Å². The van der Waals surface area contributed by atoms with Crippen LogP contribution in [0.5, 0.6) is 0 Å². The van der Waals surface area contributed by atoms with Gasteiger partial charge in [0.05, 0.1) is 5.41 Å². The van der Waals surface area contributed by atoms with Gasteiger partial charge >= 0.3 is 5.97 Å². The molecule has 1 heterocycles. The quantitative estimate of drug-likeness (QED) is 0.777. The average Bonchev–Trinajstić information content (AvgIpc) is 2.60. The average molecular weight is 212 g/mol. The standard InChI is InChI=1S/C11H16O4/c1-11(2,3)10(13)14-7-9-5-4-8(6-12)15-9/h4-5,12H,6-7H2,1-3H3. The van der Waals surface area contributed by atoms with Crippen LogP contribution in [0.25, 0.3) is 0 Å². The van der Waals surface area contributed by atoms with E-state index in [2.05, 4.69) is 0 Å². The fraction of sp³-hybridized carbons (Fsp3) is 0.545. The highest BCUT2D eigenvalue weighted by Gasteiger charge is 2.23. The Labute approximate surface area is 88.8 Å². The zero-order valence-corrected chi connectivity index (χ0v) is 9.24. The topological polar surface area (TPSA) is 59.7 Å². The van der Waals surface area contributed by atoms with Crippen molar-refractivity contribution in [1.82, 2.24) is 0 Å². The molecular weight excluding hydrogens is 196 g/mol. The third-order valence-corrected chi connectivity index (χ3v) is 1.83. The van der Waals surface area contributed by atoms with Crippen LogP contribution in [0.1, 0.15) is 32.3 Å². The molecule has 84 valence electrons. The summed E-state index contributed by atoms with van der Waals surface area (Å²) in [6.07, 6.45) is 0. The highest BCUT2D eigenvalue weighted by atomic mass is 16.5. The van der Waals surface area contributed by atoms with Gasteiger partial charge in [0.2, 0.25) is 0 Å². The second-order valence-electron chi connectivity index (χ2n) is 4.35. The van der Waals surface area contributed by atoms with E-state index < -0.39 is 5.41 Å². The van der Waals surface area contributed by atoms with Gasteiger partial charge in [-0.15, -0.1) is 0 Å². The number of ether oxygens (including phenoxy) is 1. The molecule has 0 saturated carbocycles. The maximum atomic E-state index is 11.4. The lowest BCUT2D eigenvalue weighted by Crippen LogP contribution is -2.22.